The van der Waals surface area contributed by atoms with Crippen LogP contribution in [0.2, 0.25) is 0 Å². The Bertz CT molecular complexity index is 1330. The molecule has 1 saturated carbocycles. The van der Waals surface area contributed by atoms with Gasteiger partial charge >= 0.3 is 0 Å². The lowest BCUT2D eigenvalue weighted by molar-refractivity contribution is -0.123. The van der Waals surface area contributed by atoms with Crippen LogP contribution in [0.25, 0.3) is 0 Å². The number of aromatic nitrogens is 1. The number of nitrogens with two attached hydrogens (primary N) is 2. The number of amides is 3. The molecule has 206 valence electrons. The normalized spacial score (nSPS) is 14.4. The topological polar surface area (TPSA) is 141 Å². The summed E-state index contributed by atoms with van der Waals surface area (Å²) in [6, 6.07) is 11.9. The van der Waals surface area contributed by atoms with Crippen molar-refractivity contribution in [1.29, 1.82) is 0 Å². The van der Waals surface area contributed by atoms with Crippen molar-refractivity contribution < 1.29 is 19.1 Å². The predicted molar refractivity (Wildman–Crippen MR) is 153 cm³/mol. The summed E-state index contributed by atoms with van der Waals surface area (Å²) in [6.45, 7) is 6.26. The fourth-order valence-corrected chi connectivity index (χ4v) is 5.81. The van der Waals surface area contributed by atoms with E-state index >= 15 is 0 Å². The Morgan fingerprint density at radius 2 is 1.72 bits per heavy atom. The van der Waals surface area contributed by atoms with Crippen molar-refractivity contribution >= 4 is 40.6 Å². The van der Waals surface area contributed by atoms with Crippen LogP contribution in [0.15, 0.2) is 42.5 Å². The molecule has 9 nitrogen and oxygen atoms in total. The summed E-state index contributed by atoms with van der Waals surface area (Å²) in [4.78, 5) is 41.7. The standard InChI is InChI=1S/C29H35N5O4S/c1-4-38-22-12-10-19(11-13-22)25(28(36)32-20-8-6-5-7-9-20)34(21-15-17(2)14-18(3)16-21)29(37)26-23(30)24(27(31)35)33-39-26/h10-16,20,25H,4-9,30H2,1-3H3,(H2,31,35)(H,32,36). The first-order valence-electron chi connectivity index (χ1n) is 13.2. The van der Waals surface area contributed by atoms with E-state index in [0.29, 0.717) is 23.6 Å². The molecule has 1 fully saturated rings. The van der Waals surface area contributed by atoms with Crippen LogP contribution < -0.4 is 26.4 Å². The Kier molecular flexibility index (Phi) is 8.86. The molecule has 5 N–H and O–H groups in total. The van der Waals surface area contributed by atoms with E-state index < -0.39 is 17.9 Å². The maximum Gasteiger partial charge on any atom is 0.273 e. The second-order valence-corrected chi connectivity index (χ2v) is 10.7. The van der Waals surface area contributed by atoms with Gasteiger partial charge in [0.15, 0.2) is 5.69 Å². The number of ether oxygens (including phenoxy) is 1. The highest BCUT2D eigenvalue weighted by Gasteiger charge is 2.37. The predicted octanol–water partition coefficient (Wildman–Crippen LogP) is 4.68. The van der Waals surface area contributed by atoms with Crippen LogP contribution in [0.3, 0.4) is 0 Å². The van der Waals surface area contributed by atoms with Gasteiger partial charge in [-0.05, 0) is 86.1 Å². The highest BCUT2D eigenvalue weighted by atomic mass is 32.1. The molecular formula is C29H35N5O4S. The lowest BCUT2D eigenvalue weighted by Crippen LogP contribution is -2.47. The van der Waals surface area contributed by atoms with Gasteiger partial charge in [0.2, 0.25) is 5.91 Å². The molecule has 10 heteroatoms. The minimum absolute atomic E-state index is 0.0302. The van der Waals surface area contributed by atoms with Crippen molar-refractivity contribution in [3.63, 3.8) is 0 Å². The zero-order valence-electron chi connectivity index (χ0n) is 22.5. The van der Waals surface area contributed by atoms with Crippen molar-refractivity contribution in [2.75, 3.05) is 17.2 Å². The molecule has 1 heterocycles. The lowest BCUT2D eigenvalue weighted by atomic mass is 9.94. The quantitative estimate of drug-likeness (QED) is 0.354. The van der Waals surface area contributed by atoms with Crippen LogP contribution in [0.1, 0.15) is 81.9 Å². The SMILES string of the molecule is CCOc1ccc(C(C(=O)NC2CCCCC2)N(C(=O)c2snc(C(N)=O)c2N)c2cc(C)cc(C)c2)cc1. The van der Waals surface area contributed by atoms with Crippen molar-refractivity contribution in [3.8, 4) is 5.75 Å². The molecule has 0 aliphatic heterocycles. The van der Waals surface area contributed by atoms with Gasteiger partial charge in [0.05, 0.1) is 12.3 Å². The third-order valence-corrected chi connectivity index (χ3v) is 7.67. The number of nitrogens with one attached hydrogen (secondary N) is 1. The van der Waals surface area contributed by atoms with Crippen molar-refractivity contribution in [1.82, 2.24) is 9.69 Å². The molecule has 3 amide bonds. The summed E-state index contributed by atoms with van der Waals surface area (Å²) in [7, 11) is 0. The minimum atomic E-state index is -1.02. The summed E-state index contributed by atoms with van der Waals surface area (Å²) in [6.07, 6.45) is 5.03. The molecule has 3 aromatic rings. The molecule has 0 bridgehead atoms. The first kappa shape index (κ1) is 28.1. The van der Waals surface area contributed by atoms with Gasteiger partial charge in [0.1, 0.15) is 16.7 Å². The first-order valence-corrected chi connectivity index (χ1v) is 14.0. The maximum absolute atomic E-state index is 14.3. The number of hydrogen-bond acceptors (Lipinski definition) is 7. The monoisotopic (exact) mass is 549 g/mol. The number of hydrogen-bond donors (Lipinski definition) is 3. The van der Waals surface area contributed by atoms with Crippen molar-refractivity contribution in [2.45, 2.75) is 65.0 Å². The Hall–Kier alpha value is -3.92. The van der Waals surface area contributed by atoms with Crippen LogP contribution in [-0.4, -0.2) is 34.7 Å². The van der Waals surface area contributed by atoms with Gasteiger partial charge in [-0.2, -0.15) is 4.37 Å². The van der Waals surface area contributed by atoms with Gasteiger partial charge in [0.25, 0.3) is 11.8 Å². The van der Waals surface area contributed by atoms with E-state index in [1.165, 1.54) is 4.90 Å². The first-order chi connectivity index (χ1) is 18.7. The Balaban J connectivity index is 1.86. The van der Waals surface area contributed by atoms with Crippen LogP contribution in [0.5, 0.6) is 5.75 Å². The van der Waals surface area contributed by atoms with E-state index in [9.17, 15) is 14.4 Å². The molecule has 1 aliphatic carbocycles. The van der Waals surface area contributed by atoms with Gasteiger partial charge in [-0.25, -0.2) is 0 Å². The van der Waals surface area contributed by atoms with Crippen molar-refractivity contribution in [3.05, 3.63) is 69.7 Å². The molecule has 1 aromatic heterocycles. The fourth-order valence-electron chi connectivity index (χ4n) is 5.07. The van der Waals surface area contributed by atoms with E-state index in [4.69, 9.17) is 16.2 Å². The van der Waals surface area contributed by atoms with Crippen LogP contribution in [-0.2, 0) is 4.79 Å². The third kappa shape index (κ3) is 6.39. The Labute approximate surface area is 232 Å². The molecule has 0 spiro atoms. The van der Waals surface area contributed by atoms with E-state index in [-0.39, 0.29) is 28.2 Å². The summed E-state index contributed by atoms with van der Waals surface area (Å²) < 4.78 is 9.64. The highest BCUT2D eigenvalue weighted by Crippen LogP contribution is 2.35. The molecule has 0 radical (unpaired) electrons. The number of carbonyl (C=O) groups excluding carboxylic acids is 3. The average Bonchev–Trinajstić information content (AvgIpc) is 3.29. The number of nitrogen functional groups attached to an aromatic ring is 1. The largest absolute Gasteiger partial charge is 0.494 e. The fraction of sp³-hybridized carbons (Fsp3) is 0.379. The second-order valence-electron chi connectivity index (χ2n) is 9.91. The van der Waals surface area contributed by atoms with Crippen LogP contribution in [0, 0.1) is 13.8 Å². The van der Waals surface area contributed by atoms with E-state index in [0.717, 1.165) is 54.8 Å². The number of rotatable bonds is 9. The van der Waals surface area contributed by atoms with E-state index in [1.54, 1.807) is 24.3 Å². The molecular weight excluding hydrogens is 514 g/mol. The molecule has 1 atom stereocenters. The number of primary amides is 1. The number of benzene rings is 2. The number of aryl methyl sites for hydroxylation is 2. The molecule has 2 aromatic carbocycles. The number of nitrogens with zero attached hydrogens (tertiary/aromatic N) is 2. The highest BCUT2D eigenvalue weighted by molar-refractivity contribution is 7.09. The summed E-state index contributed by atoms with van der Waals surface area (Å²) in [5.74, 6) is -0.995. The van der Waals surface area contributed by atoms with E-state index in [2.05, 4.69) is 9.69 Å². The summed E-state index contributed by atoms with van der Waals surface area (Å²) in [5, 5.41) is 3.20. The number of anilines is 2. The molecule has 39 heavy (non-hydrogen) atoms. The molecule has 0 saturated heterocycles. The summed E-state index contributed by atoms with van der Waals surface area (Å²) in [5.41, 5.74) is 14.3. The average molecular weight is 550 g/mol. The summed E-state index contributed by atoms with van der Waals surface area (Å²) >= 11 is 0.794. The molecule has 1 unspecified atom stereocenters. The van der Waals surface area contributed by atoms with Crippen LogP contribution in [0.4, 0.5) is 11.4 Å². The Morgan fingerprint density at radius 1 is 1.08 bits per heavy atom. The zero-order chi connectivity index (χ0) is 28.1. The lowest BCUT2D eigenvalue weighted by Gasteiger charge is -2.33. The Morgan fingerprint density at radius 3 is 2.28 bits per heavy atom. The van der Waals surface area contributed by atoms with Gasteiger partial charge < -0.3 is 21.5 Å². The molecule has 1 aliphatic rings. The minimum Gasteiger partial charge on any atom is -0.494 e. The smallest absolute Gasteiger partial charge is 0.273 e. The zero-order valence-corrected chi connectivity index (χ0v) is 23.3. The van der Waals surface area contributed by atoms with E-state index in [1.807, 2.05) is 39.0 Å². The third-order valence-electron chi connectivity index (χ3n) is 6.82. The van der Waals surface area contributed by atoms with Crippen molar-refractivity contribution in [2.24, 2.45) is 5.73 Å². The van der Waals surface area contributed by atoms with Gasteiger partial charge in [-0.1, -0.05) is 37.5 Å². The van der Waals surface area contributed by atoms with Crippen LogP contribution >= 0.6 is 11.5 Å². The second kappa shape index (κ2) is 12.3. The molecule has 4 rings (SSSR count). The number of carbonyl (C=O) groups is 3. The van der Waals surface area contributed by atoms with Gasteiger partial charge in [-0.3, -0.25) is 19.3 Å². The maximum atomic E-state index is 14.3. The van der Waals surface area contributed by atoms with Gasteiger partial charge in [0, 0.05) is 11.7 Å². The van der Waals surface area contributed by atoms with Gasteiger partial charge in [-0.15, -0.1) is 0 Å².